The van der Waals surface area contributed by atoms with Crippen LogP contribution in [0.2, 0.25) is 0 Å². The van der Waals surface area contributed by atoms with Crippen molar-refractivity contribution in [3.05, 3.63) is 35.9 Å². The molecule has 2 aliphatic heterocycles. The summed E-state index contributed by atoms with van der Waals surface area (Å²) in [7, 11) is 3.63. The highest BCUT2D eigenvalue weighted by molar-refractivity contribution is 5.77. The number of likely N-dealkylation sites (tertiary alicyclic amines) is 2. The number of rotatable bonds is 5. The lowest BCUT2D eigenvalue weighted by Crippen LogP contribution is -2.54. The van der Waals surface area contributed by atoms with Gasteiger partial charge in [-0.25, -0.2) is 0 Å². The van der Waals surface area contributed by atoms with Crippen molar-refractivity contribution in [1.29, 1.82) is 0 Å². The molecular formula is C21H31N3O2. The number of amides is 2. The quantitative estimate of drug-likeness (QED) is 0.813. The SMILES string of the molecule is CN(C)C(=O)CCN1CCC[C@@]2(CCC(=O)N(Cc3ccccc3)C2)C1. The Morgan fingerprint density at radius 3 is 2.65 bits per heavy atom. The minimum Gasteiger partial charge on any atom is -0.349 e. The second-order valence-corrected chi connectivity index (χ2v) is 8.15. The smallest absolute Gasteiger partial charge is 0.223 e. The molecule has 0 N–H and O–H groups in total. The molecule has 3 rings (SSSR count). The van der Waals surface area contributed by atoms with Crippen LogP contribution in [0.4, 0.5) is 0 Å². The van der Waals surface area contributed by atoms with E-state index in [0.717, 1.165) is 39.0 Å². The lowest BCUT2D eigenvalue weighted by molar-refractivity contribution is -0.140. The molecule has 0 bridgehead atoms. The number of benzene rings is 1. The standard InChI is InChI=1S/C21H31N3O2/c1-22(2)19(25)10-14-23-13-6-11-21(16-23)12-9-20(26)24(17-21)15-18-7-4-3-5-8-18/h3-5,7-8H,6,9-17H2,1-2H3/t21-/m1/s1. The molecular weight excluding hydrogens is 326 g/mol. The molecule has 0 unspecified atom stereocenters. The Morgan fingerprint density at radius 2 is 1.92 bits per heavy atom. The van der Waals surface area contributed by atoms with E-state index in [0.29, 0.717) is 19.4 Å². The maximum atomic E-state index is 12.5. The lowest BCUT2D eigenvalue weighted by atomic mass is 9.73. The Kier molecular flexibility index (Phi) is 5.97. The fraction of sp³-hybridized carbons (Fsp3) is 0.619. The largest absolute Gasteiger partial charge is 0.349 e. The van der Waals surface area contributed by atoms with Gasteiger partial charge in [0, 0.05) is 58.5 Å². The van der Waals surface area contributed by atoms with Crippen LogP contribution in [0.25, 0.3) is 0 Å². The third-order valence-electron chi connectivity index (χ3n) is 5.85. The van der Waals surface area contributed by atoms with Crippen LogP contribution in [0.3, 0.4) is 0 Å². The van der Waals surface area contributed by atoms with Gasteiger partial charge in [0.2, 0.25) is 11.8 Å². The Morgan fingerprint density at radius 1 is 1.15 bits per heavy atom. The van der Waals surface area contributed by atoms with Gasteiger partial charge in [-0.2, -0.15) is 0 Å². The minimum atomic E-state index is 0.189. The highest BCUT2D eigenvalue weighted by Crippen LogP contribution is 2.39. The minimum absolute atomic E-state index is 0.189. The van der Waals surface area contributed by atoms with Gasteiger partial charge in [-0.1, -0.05) is 30.3 Å². The molecule has 0 aromatic heterocycles. The maximum absolute atomic E-state index is 12.5. The lowest BCUT2D eigenvalue weighted by Gasteiger charge is -2.48. The summed E-state index contributed by atoms with van der Waals surface area (Å²) in [5.41, 5.74) is 1.39. The molecule has 1 aromatic rings. The van der Waals surface area contributed by atoms with E-state index in [2.05, 4.69) is 17.0 Å². The van der Waals surface area contributed by atoms with Crippen LogP contribution in [0.5, 0.6) is 0 Å². The Hall–Kier alpha value is -1.88. The van der Waals surface area contributed by atoms with E-state index in [1.165, 1.54) is 12.0 Å². The van der Waals surface area contributed by atoms with Gasteiger partial charge in [0.25, 0.3) is 0 Å². The first-order valence-electron chi connectivity index (χ1n) is 9.72. The van der Waals surface area contributed by atoms with E-state index in [1.54, 1.807) is 4.90 Å². The van der Waals surface area contributed by atoms with Crippen molar-refractivity contribution >= 4 is 11.8 Å². The van der Waals surface area contributed by atoms with E-state index < -0.39 is 0 Å². The van der Waals surface area contributed by atoms with E-state index >= 15 is 0 Å². The van der Waals surface area contributed by atoms with Crippen molar-refractivity contribution in [2.75, 3.05) is 40.3 Å². The first-order valence-corrected chi connectivity index (χ1v) is 9.72. The van der Waals surface area contributed by atoms with Gasteiger partial charge in [-0.05, 0) is 31.4 Å². The average molecular weight is 357 g/mol. The second kappa shape index (κ2) is 8.21. The van der Waals surface area contributed by atoms with Crippen molar-refractivity contribution in [3.8, 4) is 0 Å². The monoisotopic (exact) mass is 357 g/mol. The summed E-state index contributed by atoms with van der Waals surface area (Å²) in [6.07, 6.45) is 4.55. The van der Waals surface area contributed by atoms with Gasteiger partial charge in [0.1, 0.15) is 0 Å². The van der Waals surface area contributed by atoms with Gasteiger partial charge < -0.3 is 14.7 Å². The van der Waals surface area contributed by atoms with Crippen molar-refractivity contribution in [1.82, 2.24) is 14.7 Å². The predicted octanol–water partition coefficient (Wildman–Crippen LogP) is 2.37. The van der Waals surface area contributed by atoms with Crippen LogP contribution in [0.15, 0.2) is 30.3 Å². The zero-order chi connectivity index (χ0) is 18.6. The van der Waals surface area contributed by atoms with Crippen LogP contribution in [-0.2, 0) is 16.1 Å². The normalized spacial score (nSPS) is 24.1. The third-order valence-corrected chi connectivity index (χ3v) is 5.85. The Balaban J connectivity index is 1.61. The fourth-order valence-corrected chi connectivity index (χ4v) is 4.36. The van der Waals surface area contributed by atoms with Gasteiger partial charge in [0.05, 0.1) is 0 Å². The van der Waals surface area contributed by atoms with Crippen LogP contribution >= 0.6 is 0 Å². The third kappa shape index (κ3) is 4.64. The molecule has 2 heterocycles. The second-order valence-electron chi connectivity index (χ2n) is 8.15. The van der Waals surface area contributed by atoms with Crippen molar-refractivity contribution < 1.29 is 9.59 Å². The first kappa shape index (κ1) is 18.9. The molecule has 0 aliphatic carbocycles. The summed E-state index contributed by atoms with van der Waals surface area (Å²) >= 11 is 0. The summed E-state index contributed by atoms with van der Waals surface area (Å²) in [5.74, 6) is 0.466. The molecule has 1 aromatic carbocycles. The molecule has 2 amide bonds. The molecule has 1 spiro atoms. The number of hydrogen-bond donors (Lipinski definition) is 0. The van der Waals surface area contributed by atoms with Crippen LogP contribution in [-0.4, -0.2) is 66.8 Å². The summed E-state index contributed by atoms with van der Waals surface area (Å²) in [6.45, 7) is 4.45. The molecule has 2 saturated heterocycles. The molecule has 26 heavy (non-hydrogen) atoms. The molecule has 2 aliphatic rings. The average Bonchev–Trinajstić information content (AvgIpc) is 2.64. The topological polar surface area (TPSA) is 43.9 Å². The van der Waals surface area contributed by atoms with Crippen LogP contribution in [0.1, 0.15) is 37.7 Å². The highest BCUT2D eigenvalue weighted by atomic mass is 16.2. The van der Waals surface area contributed by atoms with Crippen molar-refractivity contribution in [3.63, 3.8) is 0 Å². The first-order chi connectivity index (χ1) is 12.5. The number of carbonyl (C=O) groups is 2. The molecule has 5 heteroatoms. The number of hydrogen-bond acceptors (Lipinski definition) is 3. The number of piperidine rings is 2. The van der Waals surface area contributed by atoms with Gasteiger partial charge in [-0.3, -0.25) is 9.59 Å². The summed E-state index contributed by atoms with van der Waals surface area (Å²) in [5, 5.41) is 0. The fourth-order valence-electron chi connectivity index (χ4n) is 4.36. The molecule has 5 nitrogen and oxygen atoms in total. The summed E-state index contributed by atoms with van der Waals surface area (Å²) < 4.78 is 0. The zero-order valence-electron chi connectivity index (χ0n) is 16.1. The van der Waals surface area contributed by atoms with Crippen molar-refractivity contribution in [2.45, 2.75) is 38.6 Å². The van der Waals surface area contributed by atoms with Crippen LogP contribution in [0, 0.1) is 5.41 Å². The highest BCUT2D eigenvalue weighted by Gasteiger charge is 2.41. The Labute approximate surface area is 156 Å². The van der Waals surface area contributed by atoms with Gasteiger partial charge >= 0.3 is 0 Å². The number of carbonyl (C=O) groups excluding carboxylic acids is 2. The van der Waals surface area contributed by atoms with E-state index in [4.69, 9.17) is 0 Å². The van der Waals surface area contributed by atoms with E-state index in [1.807, 2.05) is 37.2 Å². The van der Waals surface area contributed by atoms with Crippen LogP contribution < -0.4 is 0 Å². The van der Waals surface area contributed by atoms with Gasteiger partial charge in [0.15, 0.2) is 0 Å². The predicted molar refractivity (Wildman–Crippen MR) is 103 cm³/mol. The molecule has 142 valence electrons. The van der Waals surface area contributed by atoms with Gasteiger partial charge in [-0.15, -0.1) is 0 Å². The maximum Gasteiger partial charge on any atom is 0.223 e. The van der Waals surface area contributed by atoms with Crippen molar-refractivity contribution in [2.24, 2.45) is 5.41 Å². The Bertz CT molecular complexity index is 631. The van der Waals surface area contributed by atoms with E-state index in [-0.39, 0.29) is 17.2 Å². The summed E-state index contributed by atoms with van der Waals surface area (Å²) in [4.78, 5) is 30.5. The van der Waals surface area contributed by atoms with E-state index in [9.17, 15) is 9.59 Å². The number of nitrogens with zero attached hydrogens (tertiary/aromatic N) is 3. The molecule has 0 saturated carbocycles. The summed E-state index contributed by atoms with van der Waals surface area (Å²) in [6, 6.07) is 10.3. The molecule has 0 radical (unpaired) electrons. The zero-order valence-corrected chi connectivity index (χ0v) is 16.1. The molecule has 2 fully saturated rings. The molecule has 1 atom stereocenters.